The molecule has 0 unspecified atom stereocenters. The van der Waals surface area contributed by atoms with Crippen LogP contribution in [-0.4, -0.2) is 34.4 Å². The van der Waals surface area contributed by atoms with Gasteiger partial charge < -0.3 is 15.0 Å². The highest BCUT2D eigenvalue weighted by Crippen LogP contribution is 2.62. The maximum absolute atomic E-state index is 14.7. The van der Waals surface area contributed by atoms with Crippen molar-refractivity contribution in [1.82, 2.24) is 4.90 Å². The van der Waals surface area contributed by atoms with Gasteiger partial charge in [-0.3, -0.25) is 19.2 Å². The highest BCUT2D eigenvalue weighted by molar-refractivity contribution is 6.16. The lowest BCUT2D eigenvalue weighted by molar-refractivity contribution is -0.131. The molecule has 0 bridgehead atoms. The maximum atomic E-state index is 14.7. The lowest BCUT2D eigenvalue weighted by Crippen LogP contribution is -2.49. The fourth-order valence-electron chi connectivity index (χ4n) is 6.99. The molecule has 4 aromatic rings. The fraction of sp³-hybridized carbons (Fsp3) is 0.143. The van der Waals surface area contributed by atoms with Gasteiger partial charge in [-0.25, -0.2) is 4.39 Å². The molecule has 1 fully saturated rings. The first kappa shape index (κ1) is 26.5. The number of nitrogens with zero attached hydrogens (tertiary/aromatic N) is 1. The van der Waals surface area contributed by atoms with E-state index in [1.54, 1.807) is 24.4 Å². The predicted octanol–water partition coefficient (Wildman–Crippen LogP) is 5.73. The number of amides is 1. The Bertz CT molecular complexity index is 1850. The number of ether oxygens (including phenoxy) is 1. The van der Waals surface area contributed by atoms with Gasteiger partial charge in [-0.15, -0.1) is 0 Å². The monoisotopic (exact) mass is 572 g/mol. The number of hydrogen-bond donors (Lipinski definition) is 1. The van der Waals surface area contributed by atoms with Gasteiger partial charge in [0.15, 0.2) is 11.6 Å². The summed E-state index contributed by atoms with van der Waals surface area (Å²) in [5.41, 5.74) is 1.90. The topological polar surface area (TPSA) is 92.8 Å². The zero-order valence-corrected chi connectivity index (χ0v) is 23.0. The number of ketones is 2. The quantitative estimate of drug-likeness (QED) is 0.187. The van der Waals surface area contributed by atoms with E-state index in [0.717, 1.165) is 11.1 Å². The van der Waals surface area contributed by atoms with Crippen molar-refractivity contribution in [2.75, 3.05) is 5.32 Å². The minimum atomic E-state index is -1.49. The van der Waals surface area contributed by atoms with Crippen LogP contribution in [0, 0.1) is 11.7 Å². The third-order valence-corrected chi connectivity index (χ3v) is 8.65. The Morgan fingerprint density at radius 1 is 0.837 bits per heavy atom. The van der Waals surface area contributed by atoms with Gasteiger partial charge in [0.05, 0.1) is 12.0 Å². The molecule has 0 saturated carbocycles. The molecule has 0 aromatic heterocycles. The predicted molar refractivity (Wildman–Crippen MR) is 157 cm³/mol. The smallest absolute Gasteiger partial charge is 0.308 e. The van der Waals surface area contributed by atoms with Gasteiger partial charge in [-0.1, -0.05) is 42.5 Å². The van der Waals surface area contributed by atoms with Gasteiger partial charge in [0.2, 0.25) is 5.91 Å². The molecule has 7 rings (SSSR count). The molecule has 43 heavy (non-hydrogen) atoms. The molecule has 3 aliphatic rings. The summed E-state index contributed by atoms with van der Waals surface area (Å²) in [6.07, 6.45) is 3.67. The van der Waals surface area contributed by atoms with Crippen LogP contribution in [0.1, 0.15) is 50.4 Å². The number of nitrogens with one attached hydrogen (secondary N) is 1. The van der Waals surface area contributed by atoms with Crippen molar-refractivity contribution < 1.29 is 28.3 Å². The number of halogens is 1. The number of hydrogen-bond acceptors (Lipinski definition) is 6. The van der Waals surface area contributed by atoms with Crippen molar-refractivity contribution in [2.24, 2.45) is 5.92 Å². The van der Waals surface area contributed by atoms with Gasteiger partial charge >= 0.3 is 5.97 Å². The van der Waals surface area contributed by atoms with E-state index in [9.17, 15) is 23.6 Å². The average Bonchev–Trinajstić information content (AvgIpc) is 3.49. The third kappa shape index (κ3) is 3.94. The van der Waals surface area contributed by atoms with Crippen LogP contribution in [-0.2, 0) is 15.0 Å². The zero-order chi connectivity index (χ0) is 29.9. The summed E-state index contributed by atoms with van der Waals surface area (Å²) in [5, 5.41) is 3.00. The Morgan fingerprint density at radius 3 is 2.23 bits per heavy atom. The molecule has 3 aliphatic heterocycles. The Morgan fingerprint density at radius 2 is 1.49 bits per heavy atom. The van der Waals surface area contributed by atoms with E-state index < -0.39 is 41.0 Å². The highest BCUT2D eigenvalue weighted by Gasteiger charge is 2.70. The second-order valence-corrected chi connectivity index (χ2v) is 10.9. The Labute approximate surface area is 246 Å². The van der Waals surface area contributed by atoms with Crippen LogP contribution in [0.25, 0.3) is 6.08 Å². The van der Waals surface area contributed by atoms with E-state index >= 15 is 0 Å². The Hall–Kier alpha value is -5.37. The van der Waals surface area contributed by atoms with Gasteiger partial charge in [0, 0.05) is 29.9 Å². The largest absolute Gasteiger partial charge is 0.427 e. The van der Waals surface area contributed by atoms with Crippen molar-refractivity contribution in [1.29, 1.82) is 0 Å². The number of fused-ring (bicyclic) bond motifs is 6. The van der Waals surface area contributed by atoms with Crippen molar-refractivity contribution in [3.63, 3.8) is 0 Å². The van der Waals surface area contributed by atoms with E-state index in [1.807, 2.05) is 53.4 Å². The SMILES string of the molecule is CC(=O)Oc1ccc(C(=O)[C@H]2[C@@H](C(=O)c3ccc(F)cc3)[C@]3(C(=O)Nc4ccccc43)[C@H]3c4ccccc4C=CN23)cc1. The zero-order valence-electron chi connectivity index (χ0n) is 23.0. The number of rotatable bonds is 5. The molecule has 4 atom stereocenters. The normalized spacial score (nSPS) is 22.9. The standard InChI is InChI=1S/C35H25FN2O5/c1-20(39)43-25-16-12-23(13-17-25)32(41)30-29(31(40)22-10-14-24(36)15-11-22)35(27-8-4-5-9-28(27)37-34(35)42)33-26-7-3-2-6-21(26)18-19-38(30)33/h2-19,29-30,33H,1H3,(H,37,42)/t29-,30+,33+,35-/m0/s1. The van der Waals surface area contributed by atoms with E-state index in [2.05, 4.69) is 5.32 Å². The van der Waals surface area contributed by atoms with Crippen LogP contribution in [0.15, 0.2) is 103 Å². The van der Waals surface area contributed by atoms with Crippen molar-refractivity contribution >= 4 is 35.2 Å². The summed E-state index contributed by atoms with van der Waals surface area (Å²) in [4.78, 5) is 57.0. The molecule has 8 heteroatoms. The molecule has 3 heterocycles. The van der Waals surface area contributed by atoms with Gasteiger partial charge in [0.25, 0.3) is 0 Å². The van der Waals surface area contributed by atoms with Crippen LogP contribution in [0.4, 0.5) is 10.1 Å². The lowest BCUT2D eigenvalue weighted by atomic mass is 9.62. The number of para-hydroxylation sites is 1. The number of carbonyl (C=O) groups is 4. The maximum Gasteiger partial charge on any atom is 0.308 e. The summed E-state index contributed by atoms with van der Waals surface area (Å²) < 4.78 is 19.1. The highest BCUT2D eigenvalue weighted by atomic mass is 19.1. The van der Waals surface area contributed by atoms with Crippen LogP contribution >= 0.6 is 0 Å². The molecule has 1 spiro atoms. The first-order valence-electron chi connectivity index (χ1n) is 13.9. The molecule has 0 aliphatic carbocycles. The number of carbonyl (C=O) groups excluding carboxylic acids is 4. The van der Waals surface area contributed by atoms with Crippen molar-refractivity contribution in [3.8, 4) is 5.75 Å². The molecular weight excluding hydrogens is 547 g/mol. The summed E-state index contributed by atoms with van der Waals surface area (Å²) in [6.45, 7) is 1.29. The summed E-state index contributed by atoms with van der Waals surface area (Å²) in [5.74, 6) is -3.10. The van der Waals surface area contributed by atoms with Crippen LogP contribution < -0.4 is 10.1 Å². The summed E-state index contributed by atoms with van der Waals surface area (Å²) in [7, 11) is 0. The molecule has 1 N–H and O–H groups in total. The molecule has 1 saturated heterocycles. The average molecular weight is 573 g/mol. The molecule has 4 aromatic carbocycles. The molecule has 212 valence electrons. The summed E-state index contributed by atoms with van der Waals surface area (Å²) >= 11 is 0. The molecule has 0 radical (unpaired) electrons. The van der Waals surface area contributed by atoms with Crippen molar-refractivity contribution in [2.45, 2.75) is 24.4 Å². The minimum Gasteiger partial charge on any atom is -0.427 e. The molecule has 1 amide bonds. The Balaban J connectivity index is 1.48. The second-order valence-electron chi connectivity index (χ2n) is 10.9. The van der Waals surface area contributed by atoms with Gasteiger partial charge in [0.1, 0.15) is 23.0 Å². The third-order valence-electron chi connectivity index (χ3n) is 8.65. The van der Waals surface area contributed by atoms with Crippen LogP contribution in [0.3, 0.4) is 0 Å². The Kier molecular flexibility index (Phi) is 6.09. The number of benzene rings is 4. The lowest BCUT2D eigenvalue weighted by Gasteiger charge is -2.38. The van der Waals surface area contributed by atoms with E-state index in [-0.39, 0.29) is 28.6 Å². The van der Waals surface area contributed by atoms with E-state index in [1.165, 1.54) is 43.3 Å². The van der Waals surface area contributed by atoms with Gasteiger partial charge in [-0.05, 0) is 77.4 Å². The van der Waals surface area contributed by atoms with Crippen LogP contribution in [0.5, 0.6) is 5.75 Å². The molecule has 7 nitrogen and oxygen atoms in total. The second kappa shape index (κ2) is 9.87. The molecular formula is C35H25FN2O5. The van der Waals surface area contributed by atoms with Crippen LogP contribution in [0.2, 0.25) is 0 Å². The number of anilines is 1. The van der Waals surface area contributed by atoms with E-state index in [4.69, 9.17) is 4.74 Å². The fourth-order valence-corrected chi connectivity index (χ4v) is 6.99. The summed E-state index contributed by atoms with van der Waals surface area (Å²) in [6, 6.07) is 24.4. The van der Waals surface area contributed by atoms with Crippen molar-refractivity contribution in [3.05, 3.63) is 137 Å². The van der Waals surface area contributed by atoms with Gasteiger partial charge in [-0.2, -0.15) is 0 Å². The number of Topliss-reactive ketones (excluding diaryl/α,β-unsaturated/α-hetero) is 2. The minimum absolute atomic E-state index is 0.197. The first-order valence-corrected chi connectivity index (χ1v) is 13.9. The first-order chi connectivity index (χ1) is 20.8. The van der Waals surface area contributed by atoms with E-state index in [0.29, 0.717) is 11.3 Å². The number of esters is 1.